The third-order valence-electron chi connectivity index (χ3n) is 5.85. The molecule has 1 fully saturated rings. The average Bonchev–Trinajstić information content (AvgIpc) is 3.06. The van der Waals surface area contributed by atoms with Gasteiger partial charge < -0.3 is 9.57 Å². The van der Waals surface area contributed by atoms with Crippen molar-refractivity contribution >= 4 is 15.8 Å². The normalized spacial score (nSPS) is 20.6. The zero-order valence-corrected chi connectivity index (χ0v) is 18.2. The Labute approximate surface area is 178 Å². The third kappa shape index (κ3) is 4.68. The zero-order valence-electron chi connectivity index (χ0n) is 17.3. The number of ether oxygens (including phenoxy) is 1. The molecule has 1 spiro atoms. The van der Waals surface area contributed by atoms with Crippen LogP contribution in [0.3, 0.4) is 0 Å². The highest BCUT2D eigenvalue weighted by molar-refractivity contribution is 7.85. The molecule has 1 unspecified atom stereocenters. The third-order valence-corrected chi connectivity index (χ3v) is 6.41. The summed E-state index contributed by atoms with van der Waals surface area (Å²) in [6.07, 6.45) is 6.03. The predicted octanol–water partition coefficient (Wildman–Crippen LogP) is 4.82. The first kappa shape index (κ1) is 20.9. The topological polar surface area (TPSA) is 74.2 Å². The lowest BCUT2D eigenvalue weighted by atomic mass is 9.73. The molecule has 4 rings (SSSR count). The van der Waals surface area contributed by atoms with Gasteiger partial charge in [0.2, 0.25) is 0 Å². The summed E-state index contributed by atoms with van der Waals surface area (Å²) >= 11 is 0. The van der Waals surface area contributed by atoms with E-state index in [9.17, 15) is 8.42 Å². The van der Waals surface area contributed by atoms with Crippen molar-refractivity contribution in [2.75, 3.05) is 12.9 Å². The standard InChI is InChI=1S/C23H27NO5S/c1-17-6-10-19(11-7-17)28-20-12-8-18(9-13-20)22-21(16-27-30(2,25)26)23(29-24-22)14-4-3-5-15-23/h6-13,21H,3-5,14-16H2,1-2H3. The van der Waals surface area contributed by atoms with E-state index in [0.717, 1.165) is 61.1 Å². The summed E-state index contributed by atoms with van der Waals surface area (Å²) in [7, 11) is -3.55. The summed E-state index contributed by atoms with van der Waals surface area (Å²) < 4.78 is 34.3. The summed E-state index contributed by atoms with van der Waals surface area (Å²) in [5, 5.41) is 4.39. The van der Waals surface area contributed by atoms with Crippen LogP contribution in [0.15, 0.2) is 53.7 Å². The molecule has 2 aromatic rings. The van der Waals surface area contributed by atoms with Crippen molar-refractivity contribution in [3.05, 3.63) is 59.7 Å². The van der Waals surface area contributed by atoms with Crippen molar-refractivity contribution in [2.45, 2.75) is 44.6 Å². The molecular weight excluding hydrogens is 402 g/mol. The van der Waals surface area contributed by atoms with Crippen LogP contribution in [0, 0.1) is 12.8 Å². The number of rotatable bonds is 6. The molecule has 1 atom stereocenters. The Hall–Kier alpha value is -2.38. The molecule has 30 heavy (non-hydrogen) atoms. The Bertz CT molecular complexity index is 1010. The Balaban J connectivity index is 1.54. The van der Waals surface area contributed by atoms with E-state index in [2.05, 4.69) is 5.16 Å². The Morgan fingerprint density at radius 1 is 1.00 bits per heavy atom. The van der Waals surface area contributed by atoms with Gasteiger partial charge in [0, 0.05) is 5.56 Å². The van der Waals surface area contributed by atoms with Crippen LogP contribution >= 0.6 is 0 Å². The quantitative estimate of drug-likeness (QED) is 0.616. The van der Waals surface area contributed by atoms with E-state index in [-0.39, 0.29) is 12.5 Å². The van der Waals surface area contributed by atoms with Gasteiger partial charge in [-0.15, -0.1) is 0 Å². The molecule has 0 amide bonds. The number of nitrogens with zero attached hydrogens (tertiary/aromatic N) is 1. The minimum Gasteiger partial charge on any atom is -0.457 e. The molecule has 0 saturated heterocycles. The molecule has 0 bridgehead atoms. The summed E-state index contributed by atoms with van der Waals surface area (Å²) in [5.41, 5.74) is 2.32. The van der Waals surface area contributed by atoms with Gasteiger partial charge in [0.1, 0.15) is 17.1 Å². The summed E-state index contributed by atoms with van der Waals surface area (Å²) in [4.78, 5) is 5.95. The molecule has 0 N–H and O–H groups in total. The predicted molar refractivity (Wildman–Crippen MR) is 115 cm³/mol. The summed E-state index contributed by atoms with van der Waals surface area (Å²) in [5.74, 6) is 1.27. The van der Waals surface area contributed by atoms with Gasteiger partial charge in [0.15, 0.2) is 0 Å². The van der Waals surface area contributed by atoms with Crippen molar-refractivity contribution in [3.8, 4) is 11.5 Å². The van der Waals surface area contributed by atoms with Crippen molar-refractivity contribution in [1.82, 2.24) is 0 Å². The molecule has 1 saturated carbocycles. The van der Waals surface area contributed by atoms with Crippen LogP contribution in [-0.4, -0.2) is 32.6 Å². The Kier molecular flexibility index (Phi) is 5.84. The molecule has 2 aromatic carbocycles. The van der Waals surface area contributed by atoms with E-state index in [4.69, 9.17) is 13.8 Å². The van der Waals surface area contributed by atoms with Crippen molar-refractivity contribution in [2.24, 2.45) is 11.1 Å². The van der Waals surface area contributed by atoms with Gasteiger partial charge >= 0.3 is 0 Å². The minimum absolute atomic E-state index is 0.0410. The van der Waals surface area contributed by atoms with Gasteiger partial charge in [-0.25, -0.2) is 0 Å². The fourth-order valence-corrected chi connectivity index (χ4v) is 4.60. The van der Waals surface area contributed by atoms with E-state index in [1.54, 1.807) is 0 Å². The highest BCUT2D eigenvalue weighted by Crippen LogP contribution is 2.44. The maximum Gasteiger partial charge on any atom is 0.264 e. The fraction of sp³-hybridized carbons (Fsp3) is 0.435. The molecule has 2 aliphatic rings. The van der Waals surface area contributed by atoms with Gasteiger partial charge in [-0.2, -0.15) is 8.42 Å². The van der Waals surface area contributed by atoms with Gasteiger partial charge in [-0.05, 0) is 69.0 Å². The van der Waals surface area contributed by atoms with E-state index >= 15 is 0 Å². The van der Waals surface area contributed by atoms with E-state index in [0.29, 0.717) is 0 Å². The largest absolute Gasteiger partial charge is 0.457 e. The molecule has 1 aliphatic heterocycles. The zero-order chi connectivity index (χ0) is 21.2. The first-order valence-corrected chi connectivity index (χ1v) is 12.1. The molecule has 1 heterocycles. The Morgan fingerprint density at radius 3 is 2.20 bits per heavy atom. The number of hydrogen-bond acceptors (Lipinski definition) is 6. The van der Waals surface area contributed by atoms with Crippen LogP contribution < -0.4 is 4.74 Å². The second-order valence-corrected chi connectivity index (χ2v) is 9.82. The molecule has 1 aliphatic carbocycles. The highest BCUT2D eigenvalue weighted by Gasteiger charge is 2.50. The number of hydrogen-bond donors (Lipinski definition) is 0. The molecule has 6 nitrogen and oxygen atoms in total. The maximum atomic E-state index is 11.6. The first-order chi connectivity index (χ1) is 14.3. The average molecular weight is 430 g/mol. The fourth-order valence-electron chi connectivity index (χ4n) is 4.22. The lowest BCUT2D eigenvalue weighted by Gasteiger charge is -2.36. The SMILES string of the molecule is Cc1ccc(Oc2ccc(C3=NOC4(CCCCC4)C3COS(C)(=O)=O)cc2)cc1. The number of aryl methyl sites for hydroxylation is 1. The van der Waals surface area contributed by atoms with Crippen LogP contribution in [0.4, 0.5) is 0 Å². The van der Waals surface area contributed by atoms with Crippen molar-refractivity contribution in [3.63, 3.8) is 0 Å². The molecule has 7 heteroatoms. The summed E-state index contributed by atoms with van der Waals surface area (Å²) in [6, 6.07) is 15.5. The molecule has 0 radical (unpaired) electrons. The monoisotopic (exact) mass is 429 g/mol. The van der Waals surface area contributed by atoms with Crippen LogP contribution in [0.2, 0.25) is 0 Å². The van der Waals surface area contributed by atoms with Crippen LogP contribution in [0.5, 0.6) is 11.5 Å². The summed E-state index contributed by atoms with van der Waals surface area (Å²) in [6.45, 7) is 2.07. The van der Waals surface area contributed by atoms with Gasteiger partial charge in [0.05, 0.1) is 24.5 Å². The second-order valence-electron chi connectivity index (χ2n) is 8.17. The van der Waals surface area contributed by atoms with Crippen LogP contribution in [0.1, 0.15) is 43.2 Å². The van der Waals surface area contributed by atoms with Gasteiger partial charge in [-0.1, -0.05) is 29.3 Å². The van der Waals surface area contributed by atoms with E-state index in [1.165, 1.54) is 5.56 Å². The lowest BCUT2D eigenvalue weighted by molar-refractivity contribution is -0.0770. The van der Waals surface area contributed by atoms with Crippen molar-refractivity contribution in [1.29, 1.82) is 0 Å². The maximum absolute atomic E-state index is 11.6. The van der Waals surface area contributed by atoms with E-state index in [1.807, 2.05) is 55.5 Å². The highest BCUT2D eigenvalue weighted by atomic mass is 32.2. The van der Waals surface area contributed by atoms with E-state index < -0.39 is 15.7 Å². The van der Waals surface area contributed by atoms with Gasteiger partial charge in [-0.3, -0.25) is 4.18 Å². The lowest BCUT2D eigenvalue weighted by Crippen LogP contribution is -2.43. The molecule has 160 valence electrons. The number of oxime groups is 1. The molecule has 0 aromatic heterocycles. The first-order valence-electron chi connectivity index (χ1n) is 10.3. The van der Waals surface area contributed by atoms with Crippen LogP contribution in [0.25, 0.3) is 0 Å². The smallest absolute Gasteiger partial charge is 0.264 e. The Morgan fingerprint density at radius 2 is 1.60 bits per heavy atom. The van der Waals surface area contributed by atoms with Crippen LogP contribution in [-0.2, 0) is 19.1 Å². The van der Waals surface area contributed by atoms with Gasteiger partial charge in [0.25, 0.3) is 10.1 Å². The second kappa shape index (κ2) is 8.40. The minimum atomic E-state index is -3.55. The van der Waals surface area contributed by atoms with Crippen molar-refractivity contribution < 1.29 is 22.2 Å². The molecular formula is C23H27NO5S. The number of benzene rings is 2.